The molecule has 0 spiro atoms. The molecule has 1 saturated heterocycles. The van der Waals surface area contributed by atoms with Crippen LogP contribution in [0.15, 0.2) is 24.3 Å². The molecule has 124 valence electrons. The average Bonchev–Trinajstić information content (AvgIpc) is 2.54. The summed E-state index contributed by atoms with van der Waals surface area (Å²) >= 11 is 0. The Kier molecular flexibility index (Phi) is 4.61. The second-order valence-corrected chi connectivity index (χ2v) is 6.42. The maximum atomic E-state index is 12.9. The van der Waals surface area contributed by atoms with Crippen LogP contribution in [0, 0.1) is 17.7 Å². The number of rotatable bonds is 3. The van der Waals surface area contributed by atoms with E-state index in [-0.39, 0.29) is 36.0 Å². The first-order valence-corrected chi connectivity index (χ1v) is 8.08. The van der Waals surface area contributed by atoms with Crippen molar-refractivity contribution in [3.05, 3.63) is 30.1 Å². The number of anilines is 1. The van der Waals surface area contributed by atoms with Crippen LogP contribution in [0.1, 0.15) is 32.1 Å². The van der Waals surface area contributed by atoms with E-state index in [0.29, 0.717) is 5.69 Å². The Labute approximate surface area is 134 Å². The van der Waals surface area contributed by atoms with Gasteiger partial charge in [0, 0.05) is 24.1 Å². The first-order valence-electron chi connectivity index (χ1n) is 8.08. The van der Waals surface area contributed by atoms with Crippen molar-refractivity contribution in [1.29, 1.82) is 0 Å². The zero-order chi connectivity index (χ0) is 16.4. The van der Waals surface area contributed by atoms with Crippen LogP contribution >= 0.6 is 0 Å². The van der Waals surface area contributed by atoms with Crippen molar-refractivity contribution < 1.29 is 19.1 Å². The molecule has 1 aromatic carbocycles. The molecule has 1 aliphatic heterocycles. The largest absolute Gasteiger partial charge is 0.392 e. The topological polar surface area (TPSA) is 78.4 Å². The number of aliphatic hydroxyl groups excluding tert-OH is 1. The van der Waals surface area contributed by atoms with E-state index in [1.807, 2.05) is 0 Å². The fourth-order valence-corrected chi connectivity index (χ4v) is 3.65. The summed E-state index contributed by atoms with van der Waals surface area (Å²) in [5.74, 6) is -1.69. The lowest BCUT2D eigenvalue weighted by molar-refractivity contribution is -0.141. The first-order chi connectivity index (χ1) is 11.0. The maximum Gasteiger partial charge on any atom is 0.226 e. The van der Waals surface area contributed by atoms with Gasteiger partial charge < -0.3 is 15.7 Å². The van der Waals surface area contributed by atoms with Gasteiger partial charge in [-0.05, 0) is 37.1 Å². The number of hydrogen-bond acceptors (Lipinski definition) is 3. The molecule has 1 aromatic rings. The van der Waals surface area contributed by atoms with Crippen molar-refractivity contribution in [1.82, 2.24) is 5.32 Å². The number of hydrogen-bond donors (Lipinski definition) is 3. The van der Waals surface area contributed by atoms with Crippen LogP contribution in [0.3, 0.4) is 0 Å². The van der Waals surface area contributed by atoms with E-state index < -0.39 is 12.0 Å². The van der Waals surface area contributed by atoms with Gasteiger partial charge in [-0.15, -0.1) is 0 Å². The number of piperidine rings is 1. The van der Waals surface area contributed by atoms with Crippen LogP contribution in [0.5, 0.6) is 0 Å². The zero-order valence-corrected chi connectivity index (χ0v) is 12.8. The molecule has 1 aliphatic carbocycles. The molecule has 2 aliphatic rings. The zero-order valence-electron chi connectivity index (χ0n) is 12.8. The molecule has 0 radical (unpaired) electrons. The Balaban J connectivity index is 1.62. The van der Waals surface area contributed by atoms with E-state index >= 15 is 0 Å². The number of nitrogens with one attached hydrogen (secondary N) is 2. The van der Waals surface area contributed by atoms with Gasteiger partial charge in [-0.2, -0.15) is 0 Å². The minimum absolute atomic E-state index is 0.0302. The summed E-state index contributed by atoms with van der Waals surface area (Å²) in [7, 11) is 0. The lowest BCUT2D eigenvalue weighted by Gasteiger charge is -2.42. The molecule has 2 fully saturated rings. The maximum absolute atomic E-state index is 12.9. The highest BCUT2D eigenvalue weighted by molar-refractivity contribution is 5.94. The quantitative estimate of drug-likeness (QED) is 0.795. The van der Waals surface area contributed by atoms with Crippen LogP contribution in [-0.2, 0) is 9.59 Å². The molecule has 1 saturated carbocycles. The molecular formula is C17H21FN2O3. The van der Waals surface area contributed by atoms with Crippen LogP contribution in [-0.4, -0.2) is 29.1 Å². The van der Waals surface area contributed by atoms with E-state index in [9.17, 15) is 19.1 Å². The number of amides is 2. The van der Waals surface area contributed by atoms with Crippen LogP contribution in [0.2, 0.25) is 0 Å². The molecule has 1 heterocycles. The molecule has 4 unspecified atom stereocenters. The van der Waals surface area contributed by atoms with Crippen molar-refractivity contribution in [3.63, 3.8) is 0 Å². The van der Waals surface area contributed by atoms with E-state index in [1.54, 1.807) is 0 Å². The second-order valence-electron chi connectivity index (χ2n) is 6.42. The summed E-state index contributed by atoms with van der Waals surface area (Å²) < 4.78 is 12.9. The number of carbonyl (C=O) groups excluding carboxylic acids is 2. The monoisotopic (exact) mass is 320 g/mol. The van der Waals surface area contributed by atoms with Crippen LogP contribution in [0.25, 0.3) is 0 Å². The highest BCUT2D eigenvalue weighted by Crippen LogP contribution is 2.34. The number of aliphatic hydroxyl groups is 1. The predicted octanol–water partition coefficient (Wildman–Crippen LogP) is 1.82. The molecule has 3 N–H and O–H groups in total. The SMILES string of the molecule is O=C(CC1C(=O)NC2CCCCC2C1O)Nc1ccc(F)cc1. The third kappa shape index (κ3) is 3.52. The van der Waals surface area contributed by atoms with Crippen molar-refractivity contribution in [2.75, 3.05) is 5.32 Å². The van der Waals surface area contributed by atoms with Crippen molar-refractivity contribution in [3.8, 4) is 0 Å². The van der Waals surface area contributed by atoms with Crippen LogP contribution < -0.4 is 10.6 Å². The fourth-order valence-electron chi connectivity index (χ4n) is 3.65. The van der Waals surface area contributed by atoms with Gasteiger partial charge in [0.25, 0.3) is 0 Å². The third-order valence-corrected chi connectivity index (χ3v) is 4.87. The van der Waals surface area contributed by atoms with E-state index in [1.165, 1.54) is 24.3 Å². The second kappa shape index (κ2) is 6.66. The van der Waals surface area contributed by atoms with Crippen molar-refractivity contribution >= 4 is 17.5 Å². The van der Waals surface area contributed by atoms with Crippen molar-refractivity contribution in [2.24, 2.45) is 11.8 Å². The Morgan fingerprint density at radius 1 is 1.26 bits per heavy atom. The summed E-state index contributed by atoms with van der Waals surface area (Å²) in [5.41, 5.74) is 0.470. The molecule has 4 atom stereocenters. The average molecular weight is 320 g/mol. The number of halogens is 1. The van der Waals surface area contributed by atoms with Gasteiger partial charge in [0.2, 0.25) is 11.8 Å². The summed E-state index contributed by atoms with van der Waals surface area (Å²) in [5, 5.41) is 16.1. The highest BCUT2D eigenvalue weighted by Gasteiger charge is 2.44. The summed E-state index contributed by atoms with van der Waals surface area (Å²) in [4.78, 5) is 24.3. The number of fused-ring (bicyclic) bond motifs is 1. The standard InChI is InChI=1S/C17H21FN2O3/c18-10-5-7-11(8-6-10)19-15(21)9-13-16(22)12-3-1-2-4-14(12)20-17(13)23/h5-8,12-14,16,22H,1-4,9H2,(H,19,21)(H,20,23). The van der Waals surface area contributed by atoms with Crippen molar-refractivity contribution in [2.45, 2.75) is 44.2 Å². The Morgan fingerprint density at radius 2 is 1.96 bits per heavy atom. The van der Waals surface area contributed by atoms with E-state index in [4.69, 9.17) is 0 Å². The molecule has 0 bridgehead atoms. The van der Waals surface area contributed by atoms with Gasteiger partial charge in [-0.25, -0.2) is 4.39 Å². The Hall–Kier alpha value is -1.95. The van der Waals surface area contributed by atoms with Crippen LogP contribution in [0.4, 0.5) is 10.1 Å². The molecule has 23 heavy (non-hydrogen) atoms. The predicted molar refractivity (Wildman–Crippen MR) is 83.0 cm³/mol. The highest BCUT2D eigenvalue weighted by atomic mass is 19.1. The van der Waals surface area contributed by atoms with Gasteiger partial charge in [0.15, 0.2) is 0 Å². The molecule has 3 rings (SSSR count). The summed E-state index contributed by atoms with van der Waals surface area (Å²) in [6.07, 6.45) is 3.01. The molecule has 5 nitrogen and oxygen atoms in total. The third-order valence-electron chi connectivity index (χ3n) is 4.87. The smallest absolute Gasteiger partial charge is 0.226 e. The Morgan fingerprint density at radius 3 is 2.70 bits per heavy atom. The minimum atomic E-state index is -0.784. The van der Waals surface area contributed by atoms with Gasteiger partial charge >= 0.3 is 0 Å². The molecule has 6 heteroatoms. The van der Waals surface area contributed by atoms with Gasteiger partial charge in [-0.1, -0.05) is 12.8 Å². The first kappa shape index (κ1) is 15.9. The van der Waals surface area contributed by atoms with Gasteiger partial charge in [0.05, 0.1) is 12.0 Å². The lowest BCUT2D eigenvalue weighted by Crippen LogP contribution is -2.58. The molecule has 2 amide bonds. The minimum Gasteiger partial charge on any atom is -0.392 e. The normalized spacial score (nSPS) is 30.3. The van der Waals surface area contributed by atoms with Gasteiger partial charge in [-0.3, -0.25) is 9.59 Å². The van der Waals surface area contributed by atoms with E-state index in [0.717, 1.165) is 25.7 Å². The van der Waals surface area contributed by atoms with Gasteiger partial charge in [0.1, 0.15) is 5.82 Å². The number of benzene rings is 1. The van der Waals surface area contributed by atoms with E-state index in [2.05, 4.69) is 10.6 Å². The Bertz CT molecular complexity index is 590. The fraction of sp³-hybridized carbons (Fsp3) is 0.529. The summed E-state index contributed by atoms with van der Waals surface area (Å²) in [6.45, 7) is 0. The summed E-state index contributed by atoms with van der Waals surface area (Å²) in [6, 6.07) is 5.46. The number of carbonyl (C=O) groups is 2. The lowest BCUT2D eigenvalue weighted by atomic mass is 9.73. The molecular weight excluding hydrogens is 299 g/mol. The molecule has 0 aromatic heterocycles.